The largest absolute Gasteiger partial charge is 0.377 e. The number of nitrogens with one attached hydrogen (secondary N) is 1. The van der Waals surface area contributed by atoms with Crippen molar-refractivity contribution in [1.82, 2.24) is 0 Å². The smallest absolute Gasteiger partial charge is 0.124 e. The molecule has 1 unspecified atom stereocenters. The highest BCUT2D eigenvalue weighted by atomic mass is 35.5. The van der Waals surface area contributed by atoms with Crippen LogP contribution in [0.2, 0.25) is 5.02 Å². The fraction of sp³-hybridized carbons (Fsp3) is 0.250. The summed E-state index contributed by atoms with van der Waals surface area (Å²) < 4.78 is 13.0. The summed E-state index contributed by atoms with van der Waals surface area (Å²) in [5.41, 5.74) is 1.98. The highest BCUT2D eigenvalue weighted by Gasteiger charge is 2.12. The van der Waals surface area contributed by atoms with Gasteiger partial charge in [-0.25, -0.2) is 4.39 Å². The number of hydrogen-bond donors (Lipinski definition) is 1. The lowest BCUT2D eigenvalue weighted by Gasteiger charge is -2.20. The number of benzene rings is 2. The van der Waals surface area contributed by atoms with E-state index < -0.39 is 0 Å². The molecule has 0 saturated carbocycles. The van der Waals surface area contributed by atoms with E-state index in [9.17, 15) is 4.39 Å². The average Bonchev–Trinajstić information content (AvgIpc) is 2.42. The van der Waals surface area contributed by atoms with Gasteiger partial charge in [-0.2, -0.15) is 0 Å². The molecule has 0 aliphatic heterocycles. The third-order valence-electron chi connectivity index (χ3n) is 3.04. The Morgan fingerprint density at radius 3 is 2.53 bits per heavy atom. The number of anilines is 1. The molecule has 19 heavy (non-hydrogen) atoms. The van der Waals surface area contributed by atoms with Crippen molar-refractivity contribution in [3.05, 3.63) is 64.9 Å². The molecule has 3 heteroatoms. The zero-order valence-electron chi connectivity index (χ0n) is 10.9. The zero-order valence-corrected chi connectivity index (χ0v) is 11.6. The lowest BCUT2D eigenvalue weighted by Crippen LogP contribution is -2.10. The normalized spacial score (nSPS) is 12.2. The van der Waals surface area contributed by atoms with E-state index in [2.05, 4.69) is 24.4 Å². The minimum absolute atomic E-state index is 0.189. The van der Waals surface area contributed by atoms with Crippen LogP contribution in [0.3, 0.4) is 0 Å². The molecule has 0 aliphatic rings. The highest BCUT2D eigenvalue weighted by Crippen LogP contribution is 2.29. The van der Waals surface area contributed by atoms with E-state index in [0.717, 1.165) is 18.5 Å². The van der Waals surface area contributed by atoms with Crippen LogP contribution >= 0.6 is 11.6 Å². The van der Waals surface area contributed by atoms with Gasteiger partial charge < -0.3 is 5.32 Å². The molecule has 0 aromatic heterocycles. The van der Waals surface area contributed by atoms with E-state index in [0.29, 0.717) is 5.02 Å². The van der Waals surface area contributed by atoms with Gasteiger partial charge in [-0.1, -0.05) is 55.3 Å². The lowest BCUT2D eigenvalue weighted by atomic mass is 10.0. The van der Waals surface area contributed by atoms with Crippen molar-refractivity contribution in [3.8, 4) is 0 Å². The van der Waals surface area contributed by atoms with Crippen LogP contribution in [0.25, 0.3) is 0 Å². The Kier molecular flexibility index (Phi) is 4.80. The van der Waals surface area contributed by atoms with Gasteiger partial charge >= 0.3 is 0 Å². The van der Waals surface area contributed by atoms with Crippen molar-refractivity contribution in [2.24, 2.45) is 0 Å². The van der Waals surface area contributed by atoms with Crippen LogP contribution < -0.4 is 5.32 Å². The Bertz CT molecular complexity index is 528. The second-order valence-corrected chi connectivity index (χ2v) is 4.93. The molecule has 1 atom stereocenters. The van der Waals surface area contributed by atoms with Crippen LogP contribution in [0, 0.1) is 5.82 Å². The molecule has 0 bridgehead atoms. The number of halogens is 2. The van der Waals surface area contributed by atoms with Gasteiger partial charge in [0.1, 0.15) is 5.82 Å². The molecule has 0 spiro atoms. The Labute approximate surface area is 118 Å². The Hall–Kier alpha value is -1.54. The minimum atomic E-state index is -0.317. The molecule has 0 fully saturated rings. The summed E-state index contributed by atoms with van der Waals surface area (Å²) in [6.45, 7) is 2.14. The van der Waals surface area contributed by atoms with E-state index in [-0.39, 0.29) is 11.9 Å². The summed E-state index contributed by atoms with van der Waals surface area (Å²) >= 11 is 6.06. The van der Waals surface area contributed by atoms with E-state index in [1.807, 2.05) is 18.2 Å². The van der Waals surface area contributed by atoms with Gasteiger partial charge in [-0.3, -0.25) is 0 Å². The highest BCUT2D eigenvalue weighted by molar-refractivity contribution is 6.33. The lowest BCUT2D eigenvalue weighted by molar-refractivity contribution is 0.627. The summed E-state index contributed by atoms with van der Waals surface area (Å²) in [5.74, 6) is -0.317. The van der Waals surface area contributed by atoms with Crippen molar-refractivity contribution in [3.63, 3.8) is 0 Å². The predicted octanol–water partition coefficient (Wildman–Crippen LogP) is 5.43. The van der Waals surface area contributed by atoms with Gasteiger partial charge in [-0.05, 0) is 30.2 Å². The second-order valence-electron chi connectivity index (χ2n) is 4.52. The summed E-state index contributed by atoms with van der Waals surface area (Å²) in [6.07, 6.45) is 2.06. The van der Waals surface area contributed by atoms with E-state index >= 15 is 0 Å². The third kappa shape index (κ3) is 3.71. The van der Waals surface area contributed by atoms with Crippen molar-refractivity contribution < 1.29 is 4.39 Å². The van der Waals surface area contributed by atoms with Crippen LogP contribution in [0.4, 0.5) is 10.1 Å². The maximum absolute atomic E-state index is 13.0. The number of hydrogen-bond acceptors (Lipinski definition) is 1. The minimum Gasteiger partial charge on any atom is -0.377 e. The van der Waals surface area contributed by atoms with Crippen molar-refractivity contribution >= 4 is 17.3 Å². The molecule has 0 aliphatic carbocycles. The standard InChI is InChI=1S/C16H17ClFN/c1-2-6-15(12-7-4-3-5-8-12)19-16-10-9-13(18)11-14(16)17/h3-5,7-11,15,19H,2,6H2,1H3. The van der Waals surface area contributed by atoms with Crippen LogP contribution in [0.15, 0.2) is 48.5 Å². The second kappa shape index (κ2) is 6.58. The summed E-state index contributed by atoms with van der Waals surface area (Å²) in [4.78, 5) is 0. The van der Waals surface area contributed by atoms with Crippen LogP contribution in [-0.4, -0.2) is 0 Å². The van der Waals surface area contributed by atoms with E-state index in [1.54, 1.807) is 6.07 Å². The quantitative estimate of drug-likeness (QED) is 0.768. The van der Waals surface area contributed by atoms with Crippen molar-refractivity contribution in [2.75, 3.05) is 5.32 Å². The molecule has 0 amide bonds. The first-order valence-electron chi connectivity index (χ1n) is 6.47. The maximum atomic E-state index is 13.0. The topological polar surface area (TPSA) is 12.0 Å². The summed E-state index contributed by atoms with van der Waals surface area (Å²) in [7, 11) is 0. The molecule has 0 radical (unpaired) electrons. The first-order chi connectivity index (χ1) is 9.20. The molecular formula is C16H17ClFN. The fourth-order valence-corrected chi connectivity index (χ4v) is 2.31. The third-order valence-corrected chi connectivity index (χ3v) is 3.35. The molecular weight excluding hydrogens is 261 g/mol. The SMILES string of the molecule is CCCC(Nc1ccc(F)cc1Cl)c1ccccc1. The van der Waals surface area contributed by atoms with E-state index in [4.69, 9.17) is 11.6 Å². The van der Waals surface area contributed by atoms with Gasteiger partial charge in [0.25, 0.3) is 0 Å². The van der Waals surface area contributed by atoms with Crippen molar-refractivity contribution in [1.29, 1.82) is 0 Å². The maximum Gasteiger partial charge on any atom is 0.124 e. The Morgan fingerprint density at radius 2 is 1.89 bits per heavy atom. The van der Waals surface area contributed by atoms with Gasteiger partial charge in [-0.15, -0.1) is 0 Å². The fourth-order valence-electron chi connectivity index (χ4n) is 2.09. The first kappa shape index (κ1) is 13.9. The summed E-state index contributed by atoms with van der Waals surface area (Å²) in [5, 5.41) is 3.81. The van der Waals surface area contributed by atoms with Crippen LogP contribution in [0.5, 0.6) is 0 Å². The zero-order chi connectivity index (χ0) is 13.7. The van der Waals surface area contributed by atoms with Crippen molar-refractivity contribution in [2.45, 2.75) is 25.8 Å². The predicted molar refractivity (Wildman–Crippen MR) is 79.1 cm³/mol. The number of rotatable bonds is 5. The molecule has 2 rings (SSSR count). The Balaban J connectivity index is 2.21. The Morgan fingerprint density at radius 1 is 1.16 bits per heavy atom. The molecule has 0 heterocycles. The van der Waals surface area contributed by atoms with Crippen LogP contribution in [-0.2, 0) is 0 Å². The van der Waals surface area contributed by atoms with Gasteiger partial charge in [0.05, 0.1) is 16.8 Å². The van der Waals surface area contributed by atoms with Gasteiger partial charge in [0, 0.05) is 0 Å². The average molecular weight is 278 g/mol. The molecule has 2 aromatic rings. The molecule has 1 nitrogen and oxygen atoms in total. The van der Waals surface area contributed by atoms with E-state index in [1.165, 1.54) is 17.7 Å². The molecule has 0 saturated heterocycles. The molecule has 2 aromatic carbocycles. The molecule has 100 valence electrons. The van der Waals surface area contributed by atoms with Crippen LogP contribution in [0.1, 0.15) is 31.4 Å². The summed E-state index contributed by atoms with van der Waals surface area (Å²) in [6, 6.07) is 14.8. The van der Waals surface area contributed by atoms with Gasteiger partial charge in [0.15, 0.2) is 0 Å². The monoisotopic (exact) mass is 277 g/mol. The molecule has 1 N–H and O–H groups in total. The van der Waals surface area contributed by atoms with Gasteiger partial charge in [0.2, 0.25) is 0 Å². The first-order valence-corrected chi connectivity index (χ1v) is 6.85.